The van der Waals surface area contributed by atoms with Gasteiger partial charge >= 0.3 is 6.03 Å². The second-order valence-electron chi connectivity index (χ2n) is 6.83. The SMILES string of the molecule is N#Cc1cccc(O[C@@H]2CCN(C(=O)N3N=CC[C@H]3c3cc(F)cc(F)c3)C2)n1. The van der Waals surface area contributed by atoms with E-state index < -0.39 is 17.7 Å². The number of pyridine rings is 1. The number of carbonyl (C=O) groups excluding carboxylic acids is 1. The third kappa shape index (κ3) is 4.01. The number of hydrogen-bond donors (Lipinski definition) is 0. The number of aromatic nitrogens is 1. The summed E-state index contributed by atoms with van der Waals surface area (Å²) in [6, 6.07) is 9.19. The van der Waals surface area contributed by atoms with Gasteiger partial charge < -0.3 is 9.64 Å². The fourth-order valence-corrected chi connectivity index (χ4v) is 3.50. The molecule has 0 saturated carbocycles. The molecule has 2 aliphatic rings. The van der Waals surface area contributed by atoms with E-state index in [0.29, 0.717) is 37.4 Å². The minimum Gasteiger partial charge on any atom is -0.472 e. The normalized spacial score (nSPS) is 20.7. The van der Waals surface area contributed by atoms with Crippen LogP contribution in [0.15, 0.2) is 41.5 Å². The summed E-state index contributed by atoms with van der Waals surface area (Å²) in [5, 5.41) is 14.3. The van der Waals surface area contributed by atoms with Gasteiger partial charge in [0.25, 0.3) is 0 Å². The summed E-state index contributed by atoms with van der Waals surface area (Å²) >= 11 is 0. The smallest absolute Gasteiger partial charge is 0.341 e. The number of halogens is 2. The van der Waals surface area contributed by atoms with Crippen LogP contribution in [0.3, 0.4) is 0 Å². The summed E-state index contributed by atoms with van der Waals surface area (Å²) in [6.45, 7) is 0.783. The average molecular weight is 397 g/mol. The van der Waals surface area contributed by atoms with E-state index in [0.717, 1.165) is 6.07 Å². The predicted octanol–water partition coefficient (Wildman–Crippen LogP) is 3.24. The van der Waals surface area contributed by atoms with E-state index in [2.05, 4.69) is 10.1 Å². The number of nitriles is 1. The molecule has 148 valence electrons. The summed E-state index contributed by atoms with van der Waals surface area (Å²) in [6.07, 6.45) is 2.28. The Kier molecular flexibility index (Phi) is 5.08. The molecule has 1 saturated heterocycles. The van der Waals surface area contributed by atoms with Gasteiger partial charge in [-0.25, -0.2) is 23.6 Å². The fourth-order valence-electron chi connectivity index (χ4n) is 3.50. The molecular formula is C20H17F2N5O2. The molecule has 0 radical (unpaired) electrons. The number of rotatable bonds is 3. The molecule has 1 fully saturated rings. The molecule has 2 aromatic rings. The van der Waals surface area contributed by atoms with E-state index >= 15 is 0 Å². The van der Waals surface area contributed by atoms with Gasteiger partial charge in [-0.3, -0.25) is 0 Å². The highest BCUT2D eigenvalue weighted by atomic mass is 19.1. The van der Waals surface area contributed by atoms with E-state index in [1.807, 2.05) is 6.07 Å². The summed E-state index contributed by atoms with van der Waals surface area (Å²) in [4.78, 5) is 18.6. The maximum atomic E-state index is 13.6. The van der Waals surface area contributed by atoms with Crippen molar-refractivity contribution >= 4 is 12.2 Å². The van der Waals surface area contributed by atoms with Gasteiger partial charge in [0.2, 0.25) is 5.88 Å². The number of amides is 2. The van der Waals surface area contributed by atoms with E-state index in [1.54, 1.807) is 29.3 Å². The molecule has 0 N–H and O–H groups in total. The van der Waals surface area contributed by atoms with Crippen molar-refractivity contribution in [3.63, 3.8) is 0 Å². The van der Waals surface area contributed by atoms with Crippen LogP contribution in [0.2, 0.25) is 0 Å². The molecule has 0 bridgehead atoms. The minimum absolute atomic E-state index is 0.255. The first-order chi connectivity index (χ1) is 14.0. The fraction of sp³-hybridized carbons (Fsp3) is 0.300. The number of likely N-dealkylation sites (tertiary alicyclic amines) is 1. The van der Waals surface area contributed by atoms with Gasteiger partial charge in [-0.1, -0.05) is 6.07 Å². The molecule has 0 unspecified atom stereocenters. The number of hydrogen-bond acceptors (Lipinski definition) is 5. The molecule has 3 heterocycles. The Labute approximate surface area is 165 Å². The minimum atomic E-state index is -0.693. The van der Waals surface area contributed by atoms with Crippen molar-refractivity contribution in [1.29, 1.82) is 5.26 Å². The van der Waals surface area contributed by atoms with Gasteiger partial charge in [-0.05, 0) is 23.8 Å². The molecule has 0 spiro atoms. The van der Waals surface area contributed by atoms with Gasteiger partial charge in [-0.15, -0.1) is 0 Å². The summed E-state index contributed by atoms with van der Waals surface area (Å²) < 4.78 is 33.0. The zero-order chi connectivity index (χ0) is 20.4. The number of ether oxygens (including phenoxy) is 1. The topological polar surface area (TPSA) is 81.8 Å². The Hall–Kier alpha value is -3.54. The molecule has 29 heavy (non-hydrogen) atoms. The third-order valence-corrected chi connectivity index (χ3v) is 4.84. The standard InChI is InChI=1S/C20H17F2N5O2/c21-14-8-13(9-15(22)10-14)18-4-6-24-27(18)20(28)26-7-5-17(12-26)29-19-3-1-2-16(11-23)25-19/h1-3,6,8-10,17-18H,4-5,7,12H2/t17-,18+/m1/s1. The van der Waals surface area contributed by atoms with Crippen LogP contribution in [-0.2, 0) is 0 Å². The highest BCUT2D eigenvalue weighted by molar-refractivity contribution is 5.78. The number of nitrogens with zero attached hydrogens (tertiary/aromatic N) is 5. The van der Waals surface area contributed by atoms with Gasteiger partial charge in [0.1, 0.15) is 29.5 Å². The van der Waals surface area contributed by atoms with Gasteiger partial charge in [0, 0.05) is 37.7 Å². The number of carbonyl (C=O) groups is 1. The van der Waals surface area contributed by atoms with Crippen LogP contribution >= 0.6 is 0 Å². The highest BCUT2D eigenvalue weighted by Gasteiger charge is 2.36. The first-order valence-corrected chi connectivity index (χ1v) is 9.14. The summed E-state index contributed by atoms with van der Waals surface area (Å²) in [5.74, 6) is -1.06. The highest BCUT2D eigenvalue weighted by Crippen LogP contribution is 2.31. The van der Waals surface area contributed by atoms with Crippen molar-refractivity contribution in [3.8, 4) is 11.9 Å². The van der Waals surface area contributed by atoms with Crippen LogP contribution in [0.4, 0.5) is 13.6 Å². The molecule has 1 aromatic carbocycles. The quantitative estimate of drug-likeness (QED) is 0.796. The Morgan fingerprint density at radius 2 is 2.03 bits per heavy atom. The van der Waals surface area contributed by atoms with Crippen LogP contribution in [0, 0.1) is 23.0 Å². The van der Waals surface area contributed by atoms with E-state index in [-0.39, 0.29) is 17.8 Å². The van der Waals surface area contributed by atoms with Crippen molar-refractivity contribution in [2.24, 2.45) is 5.10 Å². The lowest BCUT2D eigenvalue weighted by molar-refractivity contribution is 0.141. The lowest BCUT2D eigenvalue weighted by Gasteiger charge is -2.27. The lowest BCUT2D eigenvalue weighted by Crippen LogP contribution is -2.40. The molecule has 9 heteroatoms. The van der Waals surface area contributed by atoms with E-state index in [1.165, 1.54) is 17.1 Å². The molecule has 2 atom stereocenters. The first-order valence-electron chi connectivity index (χ1n) is 9.14. The largest absolute Gasteiger partial charge is 0.472 e. The monoisotopic (exact) mass is 397 g/mol. The molecule has 7 nitrogen and oxygen atoms in total. The summed E-state index contributed by atoms with van der Waals surface area (Å²) in [5.41, 5.74) is 0.614. The van der Waals surface area contributed by atoms with Gasteiger partial charge in [0.05, 0.1) is 12.6 Å². The van der Waals surface area contributed by atoms with Crippen molar-refractivity contribution in [2.75, 3.05) is 13.1 Å². The molecule has 2 amide bonds. The first kappa shape index (κ1) is 18.8. The third-order valence-electron chi connectivity index (χ3n) is 4.84. The van der Waals surface area contributed by atoms with Crippen LogP contribution < -0.4 is 4.74 Å². The van der Waals surface area contributed by atoms with Crippen LogP contribution in [0.5, 0.6) is 5.88 Å². The Morgan fingerprint density at radius 3 is 2.79 bits per heavy atom. The van der Waals surface area contributed by atoms with E-state index in [9.17, 15) is 13.6 Å². The second-order valence-corrected chi connectivity index (χ2v) is 6.83. The number of urea groups is 1. The number of benzene rings is 1. The maximum Gasteiger partial charge on any atom is 0.341 e. The zero-order valence-electron chi connectivity index (χ0n) is 15.3. The molecule has 0 aliphatic carbocycles. The maximum absolute atomic E-state index is 13.6. The zero-order valence-corrected chi connectivity index (χ0v) is 15.3. The average Bonchev–Trinajstić information content (AvgIpc) is 3.36. The molecule has 1 aromatic heterocycles. The molecule has 4 rings (SSSR count). The summed E-state index contributed by atoms with van der Waals surface area (Å²) in [7, 11) is 0. The Bertz CT molecular complexity index is 986. The Morgan fingerprint density at radius 1 is 1.24 bits per heavy atom. The van der Waals surface area contributed by atoms with Gasteiger partial charge in [-0.2, -0.15) is 10.4 Å². The molecule has 2 aliphatic heterocycles. The predicted molar refractivity (Wildman–Crippen MR) is 99.0 cm³/mol. The van der Waals surface area contributed by atoms with Crippen LogP contribution in [0.1, 0.15) is 30.1 Å². The second kappa shape index (κ2) is 7.83. The lowest BCUT2D eigenvalue weighted by atomic mass is 10.0. The van der Waals surface area contributed by atoms with Crippen molar-refractivity contribution in [3.05, 3.63) is 59.3 Å². The van der Waals surface area contributed by atoms with Crippen LogP contribution in [0.25, 0.3) is 0 Å². The van der Waals surface area contributed by atoms with E-state index in [4.69, 9.17) is 10.00 Å². The molecular weight excluding hydrogens is 380 g/mol. The van der Waals surface area contributed by atoms with Crippen molar-refractivity contribution in [1.82, 2.24) is 14.9 Å². The van der Waals surface area contributed by atoms with Gasteiger partial charge in [0.15, 0.2) is 0 Å². The van der Waals surface area contributed by atoms with Crippen molar-refractivity contribution < 1.29 is 18.3 Å². The van der Waals surface area contributed by atoms with Crippen LogP contribution in [-0.4, -0.2) is 46.3 Å². The Balaban J connectivity index is 1.43. The van der Waals surface area contributed by atoms with Crippen molar-refractivity contribution in [2.45, 2.75) is 25.0 Å². The number of hydrazone groups is 1.